The number of halogens is 1. The van der Waals surface area contributed by atoms with E-state index in [9.17, 15) is 4.79 Å². The van der Waals surface area contributed by atoms with E-state index in [-0.39, 0.29) is 17.2 Å². The Morgan fingerprint density at radius 3 is 2.50 bits per heavy atom. The Labute approximate surface area is 124 Å². The van der Waals surface area contributed by atoms with E-state index >= 15 is 0 Å². The van der Waals surface area contributed by atoms with E-state index in [4.69, 9.17) is 22.1 Å². The van der Waals surface area contributed by atoms with Crippen LogP contribution in [0.2, 0.25) is 5.02 Å². The molecule has 1 heterocycles. The summed E-state index contributed by atoms with van der Waals surface area (Å²) in [7, 11) is 0. The number of anilines is 1. The maximum absolute atomic E-state index is 11.2. The van der Waals surface area contributed by atoms with Crippen LogP contribution in [0, 0.1) is 0 Å². The summed E-state index contributed by atoms with van der Waals surface area (Å²) in [6.07, 6.45) is 0.898. The van der Waals surface area contributed by atoms with Gasteiger partial charge in [0.25, 0.3) is 0 Å². The summed E-state index contributed by atoms with van der Waals surface area (Å²) in [5.74, 6) is -0.521. The zero-order chi connectivity index (χ0) is 15.1. The van der Waals surface area contributed by atoms with Crippen molar-refractivity contribution in [3.63, 3.8) is 0 Å². The van der Waals surface area contributed by atoms with Crippen LogP contribution >= 0.6 is 11.6 Å². The van der Waals surface area contributed by atoms with Crippen molar-refractivity contribution in [2.75, 3.05) is 5.32 Å². The molecule has 0 saturated carbocycles. The van der Waals surface area contributed by atoms with Crippen LogP contribution in [0.25, 0.3) is 0 Å². The summed E-state index contributed by atoms with van der Waals surface area (Å²) in [5, 5.41) is 3.79. The number of nitrogens with one attached hydrogen (secondary N) is 1. The fourth-order valence-corrected chi connectivity index (χ4v) is 3.07. The first-order valence-electron chi connectivity index (χ1n) is 6.67. The molecule has 1 aliphatic heterocycles. The summed E-state index contributed by atoms with van der Waals surface area (Å²) in [6, 6.07) is 5.35. The third-order valence-electron chi connectivity index (χ3n) is 3.65. The minimum Gasteiger partial charge on any atom is -0.379 e. The van der Waals surface area contributed by atoms with Crippen molar-refractivity contribution < 1.29 is 9.53 Å². The molecule has 0 bridgehead atoms. The van der Waals surface area contributed by atoms with E-state index in [0.717, 1.165) is 12.1 Å². The van der Waals surface area contributed by atoms with Crippen LogP contribution in [-0.4, -0.2) is 23.2 Å². The smallest absolute Gasteiger partial charge is 0.250 e. The fourth-order valence-electron chi connectivity index (χ4n) is 2.79. The number of benzene rings is 1. The average Bonchev–Trinajstić information content (AvgIpc) is 2.45. The Morgan fingerprint density at radius 1 is 1.40 bits per heavy atom. The van der Waals surface area contributed by atoms with Crippen LogP contribution in [0.1, 0.15) is 44.5 Å². The molecule has 0 spiro atoms. The molecular weight excluding hydrogens is 276 g/mol. The van der Waals surface area contributed by atoms with Crippen LogP contribution < -0.4 is 11.1 Å². The lowest BCUT2D eigenvalue weighted by Gasteiger charge is -2.28. The Kier molecular flexibility index (Phi) is 3.73. The number of primary amides is 1. The van der Waals surface area contributed by atoms with Gasteiger partial charge in [-0.2, -0.15) is 0 Å². The first-order chi connectivity index (χ1) is 9.11. The van der Waals surface area contributed by atoms with Gasteiger partial charge in [0, 0.05) is 5.69 Å². The number of ether oxygens (including phenoxy) is 1. The van der Waals surface area contributed by atoms with Gasteiger partial charge in [0.1, 0.15) is 0 Å². The van der Waals surface area contributed by atoms with Gasteiger partial charge in [-0.15, -0.1) is 0 Å². The Bertz CT molecular complexity index is 541. The summed E-state index contributed by atoms with van der Waals surface area (Å²) < 4.78 is 6.04. The van der Waals surface area contributed by atoms with Gasteiger partial charge in [-0.25, -0.2) is 0 Å². The lowest BCUT2D eigenvalue weighted by Crippen LogP contribution is -2.38. The van der Waals surface area contributed by atoms with Gasteiger partial charge in [-0.1, -0.05) is 11.6 Å². The van der Waals surface area contributed by atoms with Gasteiger partial charge in [0.15, 0.2) is 0 Å². The van der Waals surface area contributed by atoms with Crippen LogP contribution in [0.4, 0.5) is 5.69 Å². The van der Waals surface area contributed by atoms with E-state index in [0.29, 0.717) is 10.6 Å². The third kappa shape index (κ3) is 3.07. The maximum atomic E-state index is 11.2. The minimum atomic E-state index is -0.521. The second-order valence-corrected chi connectivity index (χ2v) is 6.83. The number of hydrogen-bond acceptors (Lipinski definition) is 3. The minimum absolute atomic E-state index is 0.155. The van der Waals surface area contributed by atoms with Crippen molar-refractivity contribution in [2.24, 2.45) is 5.73 Å². The highest BCUT2D eigenvalue weighted by atomic mass is 35.5. The van der Waals surface area contributed by atoms with Crippen molar-refractivity contribution in [1.82, 2.24) is 0 Å². The molecule has 4 nitrogen and oxygen atoms in total. The number of rotatable bonds is 3. The van der Waals surface area contributed by atoms with Crippen LogP contribution in [0.15, 0.2) is 18.2 Å². The molecule has 0 aliphatic carbocycles. The van der Waals surface area contributed by atoms with Gasteiger partial charge in [0.2, 0.25) is 5.91 Å². The molecule has 110 valence electrons. The van der Waals surface area contributed by atoms with E-state index in [2.05, 4.69) is 33.0 Å². The number of nitrogens with two attached hydrogens (primary N) is 1. The summed E-state index contributed by atoms with van der Waals surface area (Å²) >= 11 is 6.06. The quantitative estimate of drug-likeness (QED) is 0.900. The third-order valence-corrected chi connectivity index (χ3v) is 3.96. The van der Waals surface area contributed by atoms with Gasteiger partial charge < -0.3 is 15.8 Å². The molecule has 1 saturated heterocycles. The summed E-state index contributed by atoms with van der Waals surface area (Å²) in [5.41, 5.74) is 6.02. The van der Waals surface area contributed by atoms with E-state index in [1.165, 1.54) is 0 Å². The van der Waals surface area contributed by atoms with Crippen molar-refractivity contribution in [2.45, 2.75) is 51.4 Å². The predicted molar refractivity (Wildman–Crippen MR) is 81.2 cm³/mol. The number of amides is 1. The van der Waals surface area contributed by atoms with Crippen molar-refractivity contribution in [3.8, 4) is 0 Å². The average molecular weight is 297 g/mol. The number of hydrogen-bond donors (Lipinski definition) is 2. The highest BCUT2D eigenvalue weighted by Crippen LogP contribution is 2.39. The van der Waals surface area contributed by atoms with Crippen LogP contribution in [0.5, 0.6) is 0 Å². The highest BCUT2D eigenvalue weighted by molar-refractivity contribution is 6.34. The first kappa shape index (κ1) is 15.1. The van der Waals surface area contributed by atoms with Gasteiger partial charge in [-0.3, -0.25) is 4.79 Å². The molecule has 1 aromatic rings. The molecule has 1 atom stereocenters. The number of carbonyl (C=O) groups is 1. The molecule has 1 amide bonds. The van der Waals surface area contributed by atoms with Crippen molar-refractivity contribution in [3.05, 3.63) is 28.8 Å². The number of carbonyl (C=O) groups excluding carboxylic acids is 1. The molecule has 0 radical (unpaired) electrons. The molecule has 1 aromatic carbocycles. The second-order valence-electron chi connectivity index (χ2n) is 6.43. The maximum Gasteiger partial charge on any atom is 0.250 e. The second kappa shape index (κ2) is 4.93. The van der Waals surface area contributed by atoms with Gasteiger partial charge in [-0.05, 0) is 52.3 Å². The molecule has 1 aliphatic rings. The van der Waals surface area contributed by atoms with Crippen molar-refractivity contribution in [1.29, 1.82) is 0 Å². The topological polar surface area (TPSA) is 64.3 Å². The summed E-state index contributed by atoms with van der Waals surface area (Å²) in [4.78, 5) is 11.2. The van der Waals surface area contributed by atoms with Crippen LogP contribution in [0.3, 0.4) is 0 Å². The molecule has 1 fully saturated rings. The largest absolute Gasteiger partial charge is 0.379 e. The lowest BCUT2D eigenvalue weighted by molar-refractivity contribution is -0.0662. The molecule has 2 rings (SSSR count). The van der Waals surface area contributed by atoms with Gasteiger partial charge in [0.05, 0.1) is 27.8 Å². The monoisotopic (exact) mass is 296 g/mol. The predicted octanol–water partition coefficient (Wildman–Crippen LogP) is 3.20. The molecule has 1 unspecified atom stereocenters. The van der Waals surface area contributed by atoms with Crippen molar-refractivity contribution >= 4 is 23.2 Å². The van der Waals surface area contributed by atoms with Gasteiger partial charge >= 0.3 is 0 Å². The molecule has 20 heavy (non-hydrogen) atoms. The normalized spacial score (nSPS) is 23.6. The molecule has 3 N–H and O–H groups in total. The molecule has 0 aromatic heterocycles. The van der Waals surface area contributed by atoms with E-state index < -0.39 is 5.91 Å². The zero-order valence-corrected chi connectivity index (χ0v) is 13.0. The SMILES string of the molecule is CC1(C)CC(Nc2ccc(C(N)=O)c(Cl)c2)C(C)(C)O1. The lowest BCUT2D eigenvalue weighted by atomic mass is 9.94. The van der Waals surface area contributed by atoms with E-state index in [1.807, 2.05) is 6.07 Å². The zero-order valence-electron chi connectivity index (χ0n) is 12.3. The molecule has 5 heteroatoms. The van der Waals surface area contributed by atoms with E-state index in [1.54, 1.807) is 12.1 Å². The first-order valence-corrected chi connectivity index (χ1v) is 7.05. The Morgan fingerprint density at radius 2 is 2.05 bits per heavy atom. The fraction of sp³-hybridized carbons (Fsp3) is 0.533. The Balaban J connectivity index is 2.19. The highest BCUT2D eigenvalue weighted by Gasteiger charge is 2.45. The standard InChI is InChI=1S/C15H21ClN2O2/c1-14(2)8-12(15(3,4)20-14)18-9-5-6-10(13(17)19)11(16)7-9/h5-7,12,18H,8H2,1-4H3,(H2,17,19). The molecular formula is C15H21ClN2O2. The van der Waals surface area contributed by atoms with Crippen LogP contribution in [-0.2, 0) is 4.74 Å². The Hall–Kier alpha value is -1.26. The summed E-state index contributed by atoms with van der Waals surface area (Å²) in [6.45, 7) is 8.30.